The van der Waals surface area contributed by atoms with Crippen LogP contribution in [0.25, 0.3) is 0 Å². The number of aliphatic carboxylic acids is 1. The predicted molar refractivity (Wildman–Crippen MR) is 72.6 cm³/mol. The van der Waals surface area contributed by atoms with E-state index in [9.17, 15) is 9.90 Å². The van der Waals surface area contributed by atoms with Gasteiger partial charge in [-0.15, -0.1) is 0 Å². The Morgan fingerprint density at radius 1 is 1.28 bits per heavy atom. The maximum absolute atomic E-state index is 11.4. The summed E-state index contributed by atoms with van der Waals surface area (Å²) >= 11 is 0. The van der Waals surface area contributed by atoms with Gasteiger partial charge in [0.15, 0.2) is 0 Å². The summed E-state index contributed by atoms with van der Waals surface area (Å²) < 4.78 is 0. The van der Waals surface area contributed by atoms with Crippen LogP contribution in [0.3, 0.4) is 0 Å². The van der Waals surface area contributed by atoms with E-state index in [1.165, 1.54) is 25.7 Å². The van der Waals surface area contributed by atoms with Crippen molar-refractivity contribution in [2.45, 2.75) is 64.8 Å². The van der Waals surface area contributed by atoms with Crippen LogP contribution < -0.4 is 0 Å². The van der Waals surface area contributed by atoms with Crippen molar-refractivity contribution in [2.75, 3.05) is 13.1 Å². The molecule has 18 heavy (non-hydrogen) atoms. The van der Waals surface area contributed by atoms with E-state index >= 15 is 0 Å². The van der Waals surface area contributed by atoms with E-state index in [0.717, 1.165) is 44.3 Å². The van der Waals surface area contributed by atoms with Crippen molar-refractivity contribution in [2.24, 2.45) is 11.3 Å². The smallest absolute Gasteiger partial charge is 0.309 e. The van der Waals surface area contributed by atoms with Gasteiger partial charge in [0.1, 0.15) is 0 Å². The largest absolute Gasteiger partial charge is 0.481 e. The van der Waals surface area contributed by atoms with E-state index in [1.807, 2.05) is 6.92 Å². The van der Waals surface area contributed by atoms with Crippen LogP contribution in [0, 0.1) is 11.3 Å². The number of hydrogen-bond donors (Lipinski definition) is 1. The molecule has 0 bridgehead atoms. The lowest BCUT2D eigenvalue weighted by Crippen LogP contribution is -2.47. The van der Waals surface area contributed by atoms with Gasteiger partial charge in [0.2, 0.25) is 0 Å². The first-order chi connectivity index (χ1) is 8.61. The van der Waals surface area contributed by atoms with Gasteiger partial charge >= 0.3 is 5.97 Å². The standard InChI is InChI=1S/C15H27NO2/c1-3-12-5-6-13(11-12)16-9-7-15(4-2,8-10-16)14(17)18/h12-13H,3-11H2,1-2H3,(H,17,18). The minimum atomic E-state index is -0.581. The minimum Gasteiger partial charge on any atom is -0.481 e. The summed E-state index contributed by atoms with van der Waals surface area (Å²) in [4.78, 5) is 14.0. The average Bonchev–Trinajstić information content (AvgIpc) is 2.87. The molecule has 2 aliphatic rings. The summed E-state index contributed by atoms with van der Waals surface area (Å²) in [6.45, 7) is 6.28. The minimum absolute atomic E-state index is 0.431. The van der Waals surface area contributed by atoms with E-state index in [-0.39, 0.29) is 0 Å². The average molecular weight is 253 g/mol. The molecule has 1 saturated carbocycles. The molecule has 1 aliphatic heterocycles. The Labute approximate surface area is 111 Å². The Kier molecular flexibility index (Phi) is 4.31. The Morgan fingerprint density at radius 3 is 2.39 bits per heavy atom. The molecule has 104 valence electrons. The Balaban J connectivity index is 1.89. The number of carboxylic acid groups (broad SMARTS) is 1. The molecule has 3 nitrogen and oxygen atoms in total. The van der Waals surface area contributed by atoms with Crippen molar-refractivity contribution in [3.63, 3.8) is 0 Å². The summed E-state index contributed by atoms with van der Waals surface area (Å²) in [5.74, 6) is 0.329. The molecule has 1 N–H and O–H groups in total. The zero-order chi connectivity index (χ0) is 13.2. The number of carboxylic acids is 1. The summed E-state index contributed by atoms with van der Waals surface area (Å²) in [6.07, 6.45) is 7.79. The Hall–Kier alpha value is -0.570. The third-order valence-electron chi connectivity index (χ3n) is 5.49. The molecule has 0 aromatic heterocycles. The van der Waals surface area contributed by atoms with Crippen molar-refractivity contribution in [1.29, 1.82) is 0 Å². The van der Waals surface area contributed by atoms with Gasteiger partial charge in [-0.1, -0.05) is 20.3 Å². The molecule has 0 aromatic rings. The number of likely N-dealkylation sites (tertiary alicyclic amines) is 1. The zero-order valence-electron chi connectivity index (χ0n) is 11.8. The second-order valence-corrected chi connectivity index (χ2v) is 6.22. The number of nitrogens with zero attached hydrogens (tertiary/aromatic N) is 1. The van der Waals surface area contributed by atoms with E-state index in [4.69, 9.17) is 0 Å². The molecule has 2 rings (SSSR count). The normalized spacial score (nSPS) is 32.6. The van der Waals surface area contributed by atoms with E-state index < -0.39 is 11.4 Å². The van der Waals surface area contributed by atoms with E-state index in [2.05, 4.69) is 11.8 Å². The second kappa shape index (κ2) is 5.60. The summed E-state index contributed by atoms with van der Waals surface area (Å²) in [6, 6.07) is 0.735. The molecular weight excluding hydrogens is 226 g/mol. The van der Waals surface area contributed by atoms with Crippen LogP contribution >= 0.6 is 0 Å². The number of hydrogen-bond acceptors (Lipinski definition) is 2. The highest BCUT2D eigenvalue weighted by Gasteiger charge is 2.41. The molecule has 2 unspecified atom stereocenters. The van der Waals surface area contributed by atoms with Crippen molar-refractivity contribution in [3.05, 3.63) is 0 Å². The number of carbonyl (C=O) groups is 1. The highest BCUT2D eigenvalue weighted by atomic mass is 16.4. The molecule has 2 fully saturated rings. The lowest BCUT2D eigenvalue weighted by atomic mass is 9.76. The van der Waals surface area contributed by atoms with Crippen LogP contribution in [0.5, 0.6) is 0 Å². The van der Waals surface area contributed by atoms with Crippen molar-refractivity contribution in [3.8, 4) is 0 Å². The van der Waals surface area contributed by atoms with Gasteiger partial charge in [-0.25, -0.2) is 0 Å². The molecule has 0 amide bonds. The highest BCUT2D eigenvalue weighted by Crippen LogP contribution is 2.39. The van der Waals surface area contributed by atoms with Crippen molar-refractivity contribution < 1.29 is 9.90 Å². The lowest BCUT2D eigenvalue weighted by Gasteiger charge is -2.41. The lowest BCUT2D eigenvalue weighted by molar-refractivity contribution is -0.152. The fourth-order valence-corrected chi connectivity index (χ4v) is 3.79. The van der Waals surface area contributed by atoms with Crippen LogP contribution in [-0.2, 0) is 4.79 Å². The maximum atomic E-state index is 11.4. The van der Waals surface area contributed by atoms with Crippen molar-refractivity contribution >= 4 is 5.97 Å². The molecule has 2 atom stereocenters. The fourth-order valence-electron chi connectivity index (χ4n) is 3.79. The Morgan fingerprint density at radius 2 is 1.94 bits per heavy atom. The van der Waals surface area contributed by atoms with Crippen LogP contribution in [0.4, 0.5) is 0 Å². The number of piperidine rings is 1. The molecule has 0 spiro atoms. The monoisotopic (exact) mass is 253 g/mol. The predicted octanol–water partition coefficient (Wildman–Crippen LogP) is 3.14. The maximum Gasteiger partial charge on any atom is 0.309 e. The molecule has 0 aromatic carbocycles. The molecule has 1 aliphatic carbocycles. The summed E-state index contributed by atoms with van der Waals surface area (Å²) in [5.41, 5.74) is -0.431. The van der Waals surface area contributed by atoms with Crippen LogP contribution in [0.1, 0.15) is 58.8 Å². The molecule has 3 heteroatoms. The van der Waals surface area contributed by atoms with Crippen LogP contribution in [-0.4, -0.2) is 35.1 Å². The SMILES string of the molecule is CCC1CCC(N2CCC(CC)(C(=O)O)CC2)C1. The van der Waals surface area contributed by atoms with Gasteiger partial charge in [-0.2, -0.15) is 0 Å². The van der Waals surface area contributed by atoms with Crippen LogP contribution in [0.2, 0.25) is 0 Å². The van der Waals surface area contributed by atoms with Gasteiger partial charge in [0, 0.05) is 6.04 Å². The first-order valence-electron chi connectivity index (χ1n) is 7.58. The molecule has 1 heterocycles. The van der Waals surface area contributed by atoms with Gasteiger partial charge < -0.3 is 10.0 Å². The second-order valence-electron chi connectivity index (χ2n) is 6.22. The van der Waals surface area contributed by atoms with E-state index in [1.54, 1.807) is 0 Å². The number of rotatable bonds is 4. The van der Waals surface area contributed by atoms with Gasteiger partial charge in [0.05, 0.1) is 5.41 Å². The van der Waals surface area contributed by atoms with Gasteiger partial charge in [-0.3, -0.25) is 4.79 Å². The summed E-state index contributed by atoms with van der Waals surface area (Å²) in [5, 5.41) is 9.40. The van der Waals surface area contributed by atoms with Crippen molar-refractivity contribution in [1.82, 2.24) is 4.90 Å². The topological polar surface area (TPSA) is 40.5 Å². The zero-order valence-corrected chi connectivity index (χ0v) is 11.8. The summed E-state index contributed by atoms with van der Waals surface area (Å²) in [7, 11) is 0. The molecule has 0 radical (unpaired) electrons. The molecular formula is C15H27NO2. The highest BCUT2D eigenvalue weighted by molar-refractivity contribution is 5.74. The van der Waals surface area contributed by atoms with E-state index in [0.29, 0.717) is 0 Å². The third-order valence-corrected chi connectivity index (χ3v) is 5.49. The van der Waals surface area contributed by atoms with Gasteiger partial charge in [-0.05, 0) is 57.5 Å². The van der Waals surface area contributed by atoms with Crippen LogP contribution in [0.15, 0.2) is 0 Å². The third kappa shape index (κ3) is 2.56. The first kappa shape index (κ1) is 13.9. The Bertz CT molecular complexity index is 295. The quantitative estimate of drug-likeness (QED) is 0.836. The first-order valence-corrected chi connectivity index (χ1v) is 7.58. The molecule has 1 saturated heterocycles. The fraction of sp³-hybridized carbons (Fsp3) is 0.933. The van der Waals surface area contributed by atoms with Gasteiger partial charge in [0.25, 0.3) is 0 Å².